The minimum Gasteiger partial charge on any atom is -0.381 e. The molecule has 1 aliphatic heterocycles. The summed E-state index contributed by atoms with van der Waals surface area (Å²) in [6.45, 7) is 1.66. The Labute approximate surface area is 145 Å². The van der Waals surface area contributed by atoms with Crippen LogP contribution in [0.5, 0.6) is 0 Å². The van der Waals surface area contributed by atoms with Crippen LogP contribution in [0.25, 0.3) is 17.1 Å². The monoisotopic (exact) mass is 338 g/mol. The molecule has 0 aliphatic carbocycles. The molecule has 0 saturated carbocycles. The Balaban J connectivity index is 1.75. The summed E-state index contributed by atoms with van der Waals surface area (Å²) >= 11 is 1.80. The second-order valence-corrected chi connectivity index (χ2v) is 6.91. The minimum atomic E-state index is 0.524. The Morgan fingerprint density at radius 1 is 0.958 bits per heavy atom. The lowest BCUT2D eigenvalue weighted by Crippen LogP contribution is -2.18. The molecule has 0 N–H and O–H groups in total. The summed E-state index contributed by atoms with van der Waals surface area (Å²) < 4.78 is 7.60. The van der Waals surface area contributed by atoms with Crippen molar-refractivity contribution in [3.63, 3.8) is 0 Å². The predicted octanol–water partition coefficient (Wildman–Crippen LogP) is 3.60. The summed E-state index contributed by atoms with van der Waals surface area (Å²) in [5.74, 6) is 0.846. The van der Waals surface area contributed by atoms with Gasteiger partial charge >= 0.3 is 0 Å². The molecule has 5 nitrogen and oxygen atoms in total. The van der Waals surface area contributed by atoms with Crippen molar-refractivity contribution in [2.75, 3.05) is 13.2 Å². The number of aromatic nitrogens is 4. The number of pyridine rings is 1. The Bertz CT molecular complexity index is 785. The molecule has 1 saturated heterocycles. The van der Waals surface area contributed by atoms with Crippen molar-refractivity contribution in [1.29, 1.82) is 0 Å². The Kier molecular flexibility index (Phi) is 4.57. The molecule has 1 aliphatic rings. The van der Waals surface area contributed by atoms with Gasteiger partial charge in [-0.2, -0.15) is 0 Å². The fourth-order valence-electron chi connectivity index (χ4n) is 2.79. The van der Waals surface area contributed by atoms with E-state index in [9.17, 15) is 0 Å². The number of hydrogen-bond donors (Lipinski definition) is 0. The van der Waals surface area contributed by atoms with Crippen molar-refractivity contribution >= 4 is 11.8 Å². The summed E-state index contributed by atoms with van der Waals surface area (Å²) in [6, 6.07) is 14.2. The molecule has 6 heteroatoms. The van der Waals surface area contributed by atoms with E-state index in [1.807, 2.05) is 30.3 Å². The van der Waals surface area contributed by atoms with Gasteiger partial charge in [0.2, 0.25) is 0 Å². The van der Waals surface area contributed by atoms with Gasteiger partial charge in [-0.3, -0.25) is 9.55 Å². The van der Waals surface area contributed by atoms with E-state index in [2.05, 4.69) is 31.9 Å². The van der Waals surface area contributed by atoms with Gasteiger partial charge in [0.25, 0.3) is 0 Å². The van der Waals surface area contributed by atoms with Crippen LogP contribution in [-0.4, -0.2) is 38.2 Å². The summed E-state index contributed by atoms with van der Waals surface area (Å²) in [7, 11) is 0. The SMILES string of the molecule is c1ccc(-n2c(SC3CCOCC3)nnc2-c2ccncc2)cc1. The number of ether oxygens (including phenoxy) is 1. The maximum atomic E-state index is 5.46. The maximum Gasteiger partial charge on any atom is 0.196 e. The highest BCUT2D eigenvalue weighted by atomic mass is 32.2. The lowest BCUT2D eigenvalue weighted by atomic mass is 10.2. The van der Waals surface area contributed by atoms with Crippen LogP contribution in [-0.2, 0) is 4.74 Å². The largest absolute Gasteiger partial charge is 0.381 e. The van der Waals surface area contributed by atoms with Gasteiger partial charge in [0.05, 0.1) is 0 Å². The van der Waals surface area contributed by atoms with Gasteiger partial charge < -0.3 is 4.74 Å². The topological polar surface area (TPSA) is 52.8 Å². The average Bonchev–Trinajstić information content (AvgIpc) is 3.07. The number of benzene rings is 1. The normalized spacial score (nSPS) is 15.5. The minimum absolute atomic E-state index is 0.524. The van der Waals surface area contributed by atoms with Crippen molar-refractivity contribution in [2.24, 2.45) is 0 Å². The van der Waals surface area contributed by atoms with Crippen molar-refractivity contribution in [3.05, 3.63) is 54.9 Å². The molecule has 0 unspecified atom stereocenters. The standard InChI is InChI=1S/C18H18N4OS/c1-2-4-15(5-3-1)22-17(14-6-10-19-11-7-14)20-21-18(22)24-16-8-12-23-13-9-16/h1-7,10-11,16H,8-9,12-13H2. The second kappa shape index (κ2) is 7.15. The van der Waals surface area contributed by atoms with E-state index >= 15 is 0 Å². The van der Waals surface area contributed by atoms with Crippen molar-refractivity contribution in [3.8, 4) is 17.1 Å². The van der Waals surface area contributed by atoms with E-state index in [4.69, 9.17) is 4.74 Å². The van der Waals surface area contributed by atoms with Gasteiger partial charge in [0, 0.05) is 42.1 Å². The van der Waals surface area contributed by atoms with Crippen LogP contribution in [0.3, 0.4) is 0 Å². The first-order chi connectivity index (χ1) is 11.9. The smallest absolute Gasteiger partial charge is 0.196 e. The molecule has 0 spiro atoms. The lowest BCUT2D eigenvalue weighted by Gasteiger charge is -2.21. The highest BCUT2D eigenvalue weighted by Crippen LogP contribution is 2.33. The second-order valence-electron chi connectivity index (χ2n) is 5.64. The first kappa shape index (κ1) is 15.4. The van der Waals surface area contributed by atoms with E-state index in [0.29, 0.717) is 5.25 Å². The third-order valence-electron chi connectivity index (χ3n) is 4.03. The zero-order valence-corrected chi connectivity index (χ0v) is 14.0. The number of hydrogen-bond acceptors (Lipinski definition) is 5. The molecule has 4 rings (SSSR count). The summed E-state index contributed by atoms with van der Waals surface area (Å²) in [5, 5.41) is 10.4. The van der Waals surface area contributed by atoms with Crippen molar-refractivity contribution in [1.82, 2.24) is 19.7 Å². The van der Waals surface area contributed by atoms with Gasteiger partial charge in [-0.25, -0.2) is 0 Å². The Morgan fingerprint density at radius 3 is 2.46 bits per heavy atom. The zero-order valence-electron chi connectivity index (χ0n) is 13.2. The molecule has 1 fully saturated rings. The molecule has 3 aromatic rings. The summed E-state index contributed by atoms with van der Waals surface area (Å²) in [6.07, 6.45) is 5.67. The summed E-state index contributed by atoms with van der Waals surface area (Å²) in [4.78, 5) is 4.10. The van der Waals surface area contributed by atoms with Crippen LogP contribution in [0.2, 0.25) is 0 Å². The van der Waals surface area contributed by atoms with Crippen LogP contribution >= 0.6 is 11.8 Å². The van der Waals surface area contributed by atoms with E-state index in [1.54, 1.807) is 24.2 Å². The van der Waals surface area contributed by atoms with Crippen LogP contribution in [0.4, 0.5) is 0 Å². The molecular formula is C18H18N4OS. The molecule has 122 valence electrons. The molecule has 1 aromatic carbocycles. The molecular weight excluding hydrogens is 320 g/mol. The van der Waals surface area contributed by atoms with E-state index in [-0.39, 0.29) is 0 Å². The van der Waals surface area contributed by atoms with E-state index < -0.39 is 0 Å². The third kappa shape index (κ3) is 3.20. The molecule has 0 bridgehead atoms. The molecule has 2 aromatic heterocycles. The molecule has 0 amide bonds. The Morgan fingerprint density at radius 2 is 1.71 bits per heavy atom. The van der Waals surface area contributed by atoms with E-state index in [1.165, 1.54) is 0 Å². The highest BCUT2D eigenvalue weighted by molar-refractivity contribution is 7.99. The number of para-hydroxylation sites is 1. The zero-order chi connectivity index (χ0) is 16.2. The summed E-state index contributed by atoms with van der Waals surface area (Å²) in [5.41, 5.74) is 2.09. The number of nitrogens with zero attached hydrogens (tertiary/aromatic N) is 4. The van der Waals surface area contributed by atoms with Gasteiger partial charge in [-0.1, -0.05) is 30.0 Å². The highest BCUT2D eigenvalue weighted by Gasteiger charge is 2.21. The number of rotatable bonds is 4. The van der Waals surface area contributed by atoms with Crippen molar-refractivity contribution < 1.29 is 4.74 Å². The fraction of sp³-hybridized carbons (Fsp3) is 0.278. The third-order valence-corrected chi connectivity index (χ3v) is 5.31. The Hall–Kier alpha value is -2.18. The lowest BCUT2D eigenvalue weighted by molar-refractivity contribution is 0.0999. The average molecular weight is 338 g/mol. The molecule has 24 heavy (non-hydrogen) atoms. The van der Waals surface area contributed by atoms with Crippen LogP contribution in [0.15, 0.2) is 60.0 Å². The van der Waals surface area contributed by atoms with E-state index in [0.717, 1.165) is 48.3 Å². The van der Waals surface area contributed by atoms with Gasteiger partial charge in [-0.05, 0) is 37.1 Å². The molecule has 0 radical (unpaired) electrons. The number of thioether (sulfide) groups is 1. The first-order valence-corrected chi connectivity index (χ1v) is 8.95. The van der Waals surface area contributed by atoms with Gasteiger partial charge in [0.1, 0.15) is 0 Å². The van der Waals surface area contributed by atoms with Gasteiger partial charge in [-0.15, -0.1) is 10.2 Å². The molecule has 3 heterocycles. The predicted molar refractivity (Wildman–Crippen MR) is 94.3 cm³/mol. The van der Waals surface area contributed by atoms with Crippen molar-refractivity contribution in [2.45, 2.75) is 23.2 Å². The first-order valence-electron chi connectivity index (χ1n) is 8.07. The van der Waals surface area contributed by atoms with Crippen LogP contribution in [0, 0.1) is 0 Å². The quantitative estimate of drug-likeness (QED) is 0.727. The van der Waals surface area contributed by atoms with Gasteiger partial charge in [0.15, 0.2) is 11.0 Å². The molecule has 0 atom stereocenters. The maximum absolute atomic E-state index is 5.46. The fourth-order valence-corrected chi connectivity index (χ4v) is 3.90. The van der Waals surface area contributed by atoms with Crippen LogP contribution in [0.1, 0.15) is 12.8 Å². The van der Waals surface area contributed by atoms with Crippen LogP contribution < -0.4 is 0 Å².